The van der Waals surface area contributed by atoms with E-state index in [4.69, 9.17) is 5.26 Å². The van der Waals surface area contributed by atoms with Crippen molar-refractivity contribution in [1.82, 2.24) is 4.72 Å². The van der Waals surface area contributed by atoms with Crippen LogP contribution in [-0.2, 0) is 10.0 Å². The molecule has 0 saturated heterocycles. The Morgan fingerprint density at radius 3 is 2.60 bits per heavy atom. The largest absolute Gasteiger partial charge is 0.241 e. The van der Waals surface area contributed by atoms with E-state index in [1.165, 1.54) is 12.1 Å². The molecule has 0 radical (unpaired) electrons. The summed E-state index contributed by atoms with van der Waals surface area (Å²) in [5.41, 5.74) is 0.185. The minimum atomic E-state index is -3.62. The Bertz CT molecular complexity index is 614. The molecule has 6 heteroatoms. The van der Waals surface area contributed by atoms with E-state index in [1.807, 2.05) is 12.3 Å². The Kier molecular flexibility index (Phi) is 4.74. The van der Waals surface area contributed by atoms with Crippen molar-refractivity contribution in [1.29, 1.82) is 5.26 Å². The molecule has 0 bridgehead atoms. The molecule has 1 aromatic carbocycles. The number of hydrogen-bond donors (Lipinski definition) is 1. The van der Waals surface area contributed by atoms with Gasteiger partial charge < -0.3 is 0 Å². The van der Waals surface area contributed by atoms with E-state index in [0.717, 1.165) is 25.7 Å². The van der Waals surface area contributed by atoms with Gasteiger partial charge in [-0.15, -0.1) is 0 Å². The quantitative estimate of drug-likeness (QED) is 0.907. The molecule has 1 aromatic rings. The third-order valence-corrected chi connectivity index (χ3v) is 6.71. The summed E-state index contributed by atoms with van der Waals surface area (Å²) in [5.74, 6) is 0. The second-order valence-corrected chi connectivity index (χ2v) is 8.04. The Balaban J connectivity index is 2.18. The summed E-state index contributed by atoms with van der Waals surface area (Å²) in [4.78, 5) is 0.0664. The van der Waals surface area contributed by atoms with Crippen LogP contribution in [0.5, 0.6) is 0 Å². The summed E-state index contributed by atoms with van der Waals surface area (Å²) in [6.45, 7) is 0.427. The minimum absolute atomic E-state index is 0.00859. The first kappa shape index (κ1) is 15.4. The van der Waals surface area contributed by atoms with Crippen LogP contribution >= 0.6 is 11.8 Å². The second-order valence-electron chi connectivity index (χ2n) is 5.03. The monoisotopic (exact) mass is 310 g/mol. The Hall–Kier alpha value is -1.03. The van der Waals surface area contributed by atoms with Crippen LogP contribution in [0.15, 0.2) is 29.2 Å². The van der Waals surface area contributed by atoms with Gasteiger partial charge in [0.25, 0.3) is 0 Å². The minimum Gasteiger partial charge on any atom is -0.210 e. The van der Waals surface area contributed by atoms with E-state index >= 15 is 0 Å². The highest BCUT2D eigenvalue weighted by molar-refractivity contribution is 8.00. The van der Waals surface area contributed by atoms with E-state index in [9.17, 15) is 8.42 Å². The molecule has 0 aromatic heterocycles. The number of nitrogens with zero attached hydrogens (tertiary/aromatic N) is 1. The number of nitrogens with one attached hydrogen (secondary N) is 1. The standard InChI is InChI=1S/C14H18N2O2S2/c1-19-14(8-4-5-9-14)11-16-20(17,18)13-7-3-2-6-12(13)10-15/h2-3,6-7,16H,4-5,8-9,11H2,1H3. The summed E-state index contributed by atoms with van der Waals surface area (Å²) >= 11 is 1.73. The Morgan fingerprint density at radius 2 is 2.00 bits per heavy atom. The van der Waals surface area contributed by atoms with Crippen LogP contribution < -0.4 is 4.72 Å². The van der Waals surface area contributed by atoms with Crippen LogP contribution in [0.4, 0.5) is 0 Å². The fraction of sp³-hybridized carbons (Fsp3) is 0.500. The van der Waals surface area contributed by atoms with Crippen LogP contribution in [0, 0.1) is 11.3 Å². The molecule has 1 aliphatic carbocycles. The molecule has 4 nitrogen and oxygen atoms in total. The average Bonchev–Trinajstić information content (AvgIpc) is 2.95. The SMILES string of the molecule is CSC1(CNS(=O)(=O)c2ccccc2C#N)CCCC1. The highest BCUT2D eigenvalue weighted by atomic mass is 32.2. The van der Waals surface area contributed by atoms with E-state index < -0.39 is 10.0 Å². The van der Waals surface area contributed by atoms with Gasteiger partial charge in [0.05, 0.1) is 10.5 Å². The maximum absolute atomic E-state index is 12.4. The zero-order chi connectivity index (χ0) is 14.6. The maximum Gasteiger partial charge on any atom is 0.241 e. The lowest BCUT2D eigenvalue weighted by Gasteiger charge is -2.26. The number of sulfonamides is 1. The molecule has 1 saturated carbocycles. The molecule has 0 atom stereocenters. The topological polar surface area (TPSA) is 70.0 Å². The van der Waals surface area contributed by atoms with Crippen molar-refractivity contribution in [3.8, 4) is 6.07 Å². The number of thioether (sulfide) groups is 1. The molecular formula is C14H18N2O2S2. The predicted octanol–water partition coefficient (Wildman–Crippen LogP) is 2.51. The summed E-state index contributed by atoms with van der Waals surface area (Å²) in [7, 11) is -3.62. The number of nitriles is 1. The molecule has 20 heavy (non-hydrogen) atoms. The average molecular weight is 310 g/mol. The fourth-order valence-corrected chi connectivity index (χ4v) is 4.86. The number of benzene rings is 1. The van der Waals surface area contributed by atoms with Gasteiger partial charge in [-0.2, -0.15) is 17.0 Å². The van der Waals surface area contributed by atoms with Gasteiger partial charge in [0, 0.05) is 11.3 Å². The van der Waals surface area contributed by atoms with Crippen LogP contribution in [0.1, 0.15) is 31.2 Å². The third-order valence-electron chi connectivity index (χ3n) is 3.83. The highest BCUT2D eigenvalue weighted by Crippen LogP contribution is 2.39. The lowest BCUT2D eigenvalue weighted by molar-refractivity contribution is 0.551. The summed E-state index contributed by atoms with van der Waals surface area (Å²) < 4.78 is 27.4. The van der Waals surface area contributed by atoms with E-state index in [-0.39, 0.29) is 15.2 Å². The van der Waals surface area contributed by atoms with Gasteiger partial charge in [-0.3, -0.25) is 0 Å². The van der Waals surface area contributed by atoms with E-state index in [1.54, 1.807) is 23.9 Å². The van der Waals surface area contributed by atoms with Gasteiger partial charge in [0.15, 0.2) is 0 Å². The van der Waals surface area contributed by atoms with Gasteiger partial charge in [-0.05, 0) is 31.2 Å². The number of rotatable bonds is 5. The molecule has 0 aliphatic heterocycles. The summed E-state index contributed by atoms with van der Waals surface area (Å²) in [6.07, 6.45) is 6.41. The molecule has 1 aliphatic rings. The second kappa shape index (κ2) is 6.17. The van der Waals surface area contributed by atoms with Crippen molar-refractivity contribution in [2.24, 2.45) is 0 Å². The van der Waals surface area contributed by atoms with Crippen molar-refractivity contribution in [3.05, 3.63) is 29.8 Å². The normalized spacial score (nSPS) is 17.8. The highest BCUT2D eigenvalue weighted by Gasteiger charge is 2.34. The van der Waals surface area contributed by atoms with Crippen LogP contribution in [-0.4, -0.2) is 26.0 Å². The Labute approximate surface area is 124 Å². The maximum atomic E-state index is 12.4. The molecule has 0 heterocycles. The first-order chi connectivity index (χ1) is 9.53. The molecule has 0 unspecified atom stereocenters. The first-order valence-electron chi connectivity index (χ1n) is 6.57. The van der Waals surface area contributed by atoms with E-state index in [0.29, 0.717) is 6.54 Å². The molecule has 108 valence electrons. The number of hydrogen-bond acceptors (Lipinski definition) is 4. The lowest BCUT2D eigenvalue weighted by Crippen LogP contribution is -2.38. The molecule has 1 fully saturated rings. The van der Waals surface area contributed by atoms with E-state index in [2.05, 4.69) is 4.72 Å². The molecule has 1 N–H and O–H groups in total. The third kappa shape index (κ3) is 3.17. The van der Waals surface area contributed by atoms with Gasteiger partial charge in [-0.1, -0.05) is 25.0 Å². The van der Waals surface area contributed by atoms with Crippen LogP contribution in [0.2, 0.25) is 0 Å². The van der Waals surface area contributed by atoms with Crippen molar-refractivity contribution in [3.63, 3.8) is 0 Å². The molecule has 2 rings (SSSR count). The van der Waals surface area contributed by atoms with Crippen molar-refractivity contribution < 1.29 is 8.42 Å². The molecular weight excluding hydrogens is 292 g/mol. The Morgan fingerprint density at radius 1 is 1.35 bits per heavy atom. The summed E-state index contributed by atoms with van der Waals surface area (Å²) in [6, 6.07) is 8.22. The van der Waals surface area contributed by atoms with Gasteiger partial charge in [0.2, 0.25) is 10.0 Å². The van der Waals surface area contributed by atoms with Gasteiger partial charge >= 0.3 is 0 Å². The predicted molar refractivity (Wildman–Crippen MR) is 81.1 cm³/mol. The van der Waals surface area contributed by atoms with Gasteiger partial charge in [0.1, 0.15) is 6.07 Å². The first-order valence-corrected chi connectivity index (χ1v) is 9.28. The summed E-state index contributed by atoms with van der Waals surface area (Å²) in [5, 5.41) is 9.01. The van der Waals surface area contributed by atoms with Crippen molar-refractivity contribution in [2.45, 2.75) is 35.3 Å². The zero-order valence-corrected chi connectivity index (χ0v) is 13.1. The fourth-order valence-electron chi connectivity index (χ4n) is 2.57. The van der Waals surface area contributed by atoms with Crippen molar-refractivity contribution >= 4 is 21.8 Å². The van der Waals surface area contributed by atoms with Crippen molar-refractivity contribution in [2.75, 3.05) is 12.8 Å². The smallest absolute Gasteiger partial charge is 0.210 e. The molecule has 0 amide bonds. The lowest BCUT2D eigenvalue weighted by atomic mass is 10.1. The molecule has 0 spiro atoms. The van der Waals surface area contributed by atoms with Crippen LogP contribution in [0.3, 0.4) is 0 Å². The van der Waals surface area contributed by atoms with Crippen LogP contribution in [0.25, 0.3) is 0 Å². The zero-order valence-electron chi connectivity index (χ0n) is 11.4. The van der Waals surface area contributed by atoms with Gasteiger partial charge in [-0.25, -0.2) is 13.1 Å².